The maximum atomic E-state index is 12.1. The molecule has 0 bridgehead atoms. The Morgan fingerprint density at radius 1 is 1.37 bits per heavy atom. The van der Waals surface area contributed by atoms with Crippen molar-refractivity contribution in [2.24, 2.45) is 0 Å². The molecule has 0 fully saturated rings. The monoisotopic (exact) mass is 264 g/mol. The van der Waals surface area contributed by atoms with Crippen LogP contribution in [0.3, 0.4) is 0 Å². The molecule has 106 valence electrons. The third-order valence-corrected chi connectivity index (χ3v) is 2.98. The SMILES string of the molecule is CCc1ccc(OC)c(C(=O)NCCCN(C)C)c1. The number of nitrogens with zero attached hydrogens (tertiary/aromatic N) is 1. The molecular formula is C15H24N2O2. The third kappa shape index (κ3) is 4.91. The molecule has 1 rings (SSSR count). The van der Waals surface area contributed by atoms with E-state index in [0.717, 1.165) is 24.9 Å². The van der Waals surface area contributed by atoms with Crippen LogP contribution in [0.4, 0.5) is 0 Å². The van der Waals surface area contributed by atoms with E-state index in [4.69, 9.17) is 4.74 Å². The quantitative estimate of drug-likeness (QED) is 0.765. The lowest BCUT2D eigenvalue weighted by Gasteiger charge is -2.12. The summed E-state index contributed by atoms with van der Waals surface area (Å²) in [5, 5.41) is 2.93. The number of ether oxygens (including phenoxy) is 1. The number of nitrogens with one attached hydrogen (secondary N) is 1. The Morgan fingerprint density at radius 2 is 2.11 bits per heavy atom. The molecule has 0 heterocycles. The first-order chi connectivity index (χ1) is 9.08. The highest BCUT2D eigenvalue weighted by Gasteiger charge is 2.12. The van der Waals surface area contributed by atoms with Crippen molar-refractivity contribution in [1.29, 1.82) is 0 Å². The summed E-state index contributed by atoms with van der Waals surface area (Å²) >= 11 is 0. The van der Waals surface area contributed by atoms with Gasteiger partial charge in [-0.05, 0) is 51.2 Å². The fourth-order valence-electron chi connectivity index (χ4n) is 1.84. The number of hydrogen-bond acceptors (Lipinski definition) is 3. The summed E-state index contributed by atoms with van der Waals surface area (Å²) < 4.78 is 5.24. The van der Waals surface area contributed by atoms with Crippen LogP contribution >= 0.6 is 0 Å². The van der Waals surface area contributed by atoms with Crippen LogP contribution in [-0.2, 0) is 6.42 Å². The normalized spacial score (nSPS) is 10.6. The van der Waals surface area contributed by atoms with Crippen molar-refractivity contribution in [2.75, 3.05) is 34.3 Å². The molecule has 19 heavy (non-hydrogen) atoms. The van der Waals surface area contributed by atoms with Crippen molar-refractivity contribution in [2.45, 2.75) is 19.8 Å². The predicted octanol–water partition coefficient (Wildman–Crippen LogP) is 1.94. The molecule has 0 aliphatic rings. The molecule has 0 unspecified atom stereocenters. The first kappa shape index (κ1) is 15.5. The van der Waals surface area contributed by atoms with Gasteiger partial charge in [-0.15, -0.1) is 0 Å². The molecule has 0 saturated carbocycles. The number of hydrogen-bond donors (Lipinski definition) is 1. The lowest BCUT2D eigenvalue weighted by molar-refractivity contribution is 0.0949. The highest BCUT2D eigenvalue weighted by atomic mass is 16.5. The number of carbonyl (C=O) groups is 1. The van der Waals surface area contributed by atoms with Gasteiger partial charge in [-0.1, -0.05) is 13.0 Å². The highest BCUT2D eigenvalue weighted by Crippen LogP contribution is 2.20. The van der Waals surface area contributed by atoms with Crippen LogP contribution in [-0.4, -0.2) is 45.1 Å². The van der Waals surface area contributed by atoms with Crippen molar-refractivity contribution < 1.29 is 9.53 Å². The van der Waals surface area contributed by atoms with Gasteiger partial charge in [-0.3, -0.25) is 4.79 Å². The number of benzene rings is 1. The molecule has 1 aromatic rings. The molecule has 1 amide bonds. The van der Waals surface area contributed by atoms with E-state index in [1.165, 1.54) is 0 Å². The van der Waals surface area contributed by atoms with E-state index in [0.29, 0.717) is 17.9 Å². The van der Waals surface area contributed by atoms with Gasteiger partial charge in [-0.25, -0.2) is 0 Å². The Bertz CT molecular complexity index is 417. The van der Waals surface area contributed by atoms with Gasteiger partial charge in [-0.2, -0.15) is 0 Å². The molecule has 0 atom stereocenters. The molecule has 1 N–H and O–H groups in total. The Balaban J connectivity index is 2.64. The minimum atomic E-state index is -0.0640. The summed E-state index contributed by atoms with van der Waals surface area (Å²) in [5.74, 6) is 0.563. The van der Waals surface area contributed by atoms with E-state index in [9.17, 15) is 4.79 Å². The summed E-state index contributed by atoms with van der Waals surface area (Å²) in [7, 11) is 5.63. The summed E-state index contributed by atoms with van der Waals surface area (Å²) in [6.45, 7) is 3.71. The van der Waals surface area contributed by atoms with Crippen molar-refractivity contribution in [3.8, 4) is 5.75 Å². The van der Waals surface area contributed by atoms with Gasteiger partial charge in [0.05, 0.1) is 12.7 Å². The van der Waals surface area contributed by atoms with E-state index in [-0.39, 0.29) is 5.91 Å². The van der Waals surface area contributed by atoms with Gasteiger partial charge in [0, 0.05) is 6.54 Å². The number of aryl methyl sites for hydroxylation is 1. The molecule has 0 aliphatic heterocycles. The van der Waals surface area contributed by atoms with E-state index >= 15 is 0 Å². The molecule has 0 aromatic heterocycles. The van der Waals surface area contributed by atoms with E-state index in [1.807, 2.05) is 32.3 Å². The minimum absolute atomic E-state index is 0.0640. The molecule has 0 saturated heterocycles. The second kappa shape index (κ2) is 7.79. The van der Waals surface area contributed by atoms with Crippen molar-refractivity contribution in [3.05, 3.63) is 29.3 Å². The second-order valence-electron chi connectivity index (χ2n) is 4.80. The van der Waals surface area contributed by atoms with Gasteiger partial charge in [0.2, 0.25) is 0 Å². The van der Waals surface area contributed by atoms with Crippen LogP contribution in [0, 0.1) is 0 Å². The Kier molecular flexibility index (Phi) is 6.36. The Morgan fingerprint density at radius 3 is 2.68 bits per heavy atom. The van der Waals surface area contributed by atoms with Gasteiger partial charge >= 0.3 is 0 Å². The van der Waals surface area contributed by atoms with Gasteiger partial charge < -0.3 is 15.0 Å². The minimum Gasteiger partial charge on any atom is -0.496 e. The first-order valence-corrected chi connectivity index (χ1v) is 6.68. The number of carbonyl (C=O) groups excluding carboxylic acids is 1. The molecule has 4 nitrogen and oxygen atoms in total. The summed E-state index contributed by atoms with van der Waals surface area (Å²) in [6.07, 6.45) is 1.85. The largest absolute Gasteiger partial charge is 0.496 e. The van der Waals surface area contributed by atoms with Gasteiger partial charge in [0.1, 0.15) is 5.75 Å². The molecule has 0 spiro atoms. The van der Waals surface area contributed by atoms with Crippen LogP contribution in [0.1, 0.15) is 29.3 Å². The predicted molar refractivity (Wildman–Crippen MR) is 77.9 cm³/mol. The first-order valence-electron chi connectivity index (χ1n) is 6.68. The molecular weight excluding hydrogens is 240 g/mol. The molecule has 0 aliphatic carbocycles. The maximum absolute atomic E-state index is 12.1. The van der Waals surface area contributed by atoms with E-state index in [1.54, 1.807) is 7.11 Å². The van der Waals surface area contributed by atoms with Crippen LogP contribution in [0.15, 0.2) is 18.2 Å². The van der Waals surface area contributed by atoms with Gasteiger partial charge in [0.25, 0.3) is 5.91 Å². The highest BCUT2D eigenvalue weighted by molar-refractivity contribution is 5.97. The number of methoxy groups -OCH3 is 1. The third-order valence-electron chi connectivity index (χ3n) is 2.98. The van der Waals surface area contributed by atoms with Gasteiger partial charge in [0.15, 0.2) is 0 Å². The standard InChI is InChI=1S/C15H24N2O2/c1-5-12-7-8-14(19-4)13(11-12)15(18)16-9-6-10-17(2)3/h7-8,11H,5-6,9-10H2,1-4H3,(H,16,18). The topological polar surface area (TPSA) is 41.6 Å². The van der Waals surface area contributed by atoms with Crippen LogP contribution in [0.5, 0.6) is 5.75 Å². The fraction of sp³-hybridized carbons (Fsp3) is 0.533. The fourth-order valence-corrected chi connectivity index (χ4v) is 1.84. The average molecular weight is 264 g/mol. The molecule has 4 heteroatoms. The van der Waals surface area contributed by atoms with E-state index in [2.05, 4.69) is 17.1 Å². The zero-order chi connectivity index (χ0) is 14.3. The van der Waals surface area contributed by atoms with Crippen LogP contribution < -0.4 is 10.1 Å². The van der Waals surface area contributed by atoms with Crippen LogP contribution in [0.25, 0.3) is 0 Å². The summed E-state index contributed by atoms with van der Waals surface area (Å²) in [4.78, 5) is 14.2. The van der Waals surface area contributed by atoms with Crippen molar-refractivity contribution in [1.82, 2.24) is 10.2 Å². The maximum Gasteiger partial charge on any atom is 0.255 e. The lowest BCUT2D eigenvalue weighted by atomic mass is 10.1. The zero-order valence-corrected chi connectivity index (χ0v) is 12.3. The lowest BCUT2D eigenvalue weighted by Crippen LogP contribution is -2.27. The van der Waals surface area contributed by atoms with Crippen molar-refractivity contribution in [3.63, 3.8) is 0 Å². The van der Waals surface area contributed by atoms with Crippen LogP contribution in [0.2, 0.25) is 0 Å². The summed E-state index contributed by atoms with van der Waals surface area (Å²) in [6, 6.07) is 5.75. The number of rotatable bonds is 7. The number of amides is 1. The zero-order valence-electron chi connectivity index (χ0n) is 12.3. The molecule has 0 radical (unpaired) electrons. The molecule has 1 aromatic carbocycles. The smallest absolute Gasteiger partial charge is 0.255 e. The second-order valence-corrected chi connectivity index (χ2v) is 4.80. The average Bonchev–Trinajstić information content (AvgIpc) is 2.42. The van der Waals surface area contributed by atoms with E-state index < -0.39 is 0 Å². The Labute approximate surface area is 115 Å². The summed E-state index contributed by atoms with van der Waals surface area (Å²) in [5.41, 5.74) is 1.76. The van der Waals surface area contributed by atoms with Crippen molar-refractivity contribution >= 4 is 5.91 Å². The Hall–Kier alpha value is -1.55.